The number of anilines is 1. The minimum absolute atomic E-state index is 0.130. The Morgan fingerprint density at radius 1 is 1.47 bits per heavy atom. The van der Waals surface area contributed by atoms with Crippen LogP contribution < -0.4 is 9.64 Å². The first-order valence-corrected chi connectivity index (χ1v) is 5.30. The summed E-state index contributed by atoms with van der Waals surface area (Å²) in [5, 5.41) is 8.57. The molecule has 1 N–H and O–H groups in total. The van der Waals surface area contributed by atoms with Crippen LogP contribution in [0.15, 0.2) is 29.0 Å². The summed E-state index contributed by atoms with van der Waals surface area (Å²) in [7, 11) is 3.38. The van der Waals surface area contributed by atoms with Crippen molar-refractivity contribution in [2.24, 2.45) is 0 Å². The van der Waals surface area contributed by atoms with Gasteiger partial charge in [-0.15, -0.1) is 0 Å². The highest BCUT2D eigenvalue weighted by Gasteiger charge is 2.17. The van der Waals surface area contributed by atoms with Crippen LogP contribution in [-0.4, -0.2) is 30.3 Å². The molecule has 7 heteroatoms. The second-order valence-corrected chi connectivity index (χ2v) is 3.92. The molecule has 0 aliphatic rings. The molecule has 0 atom stereocenters. The SMILES string of the molecule is CN(C)c1cc(-c2ocnc2OC(=O)O)ccc1F. The van der Waals surface area contributed by atoms with Crippen LogP contribution in [0.5, 0.6) is 5.88 Å². The fraction of sp³-hybridized carbons (Fsp3) is 0.167. The van der Waals surface area contributed by atoms with Crippen LogP contribution in [0.4, 0.5) is 14.9 Å². The van der Waals surface area contributed by atoms with E-state index < -0.39 is 12.0 Å². The predicted octanol–water partition coefficient (Wildman–Crippen LogP) is 2.60. The highest BCUT2D eigenvalue weighted by Crippen LogP contribution is 2.32. The van der Waals surface area contributed by atoms with E-state index in [9.17, 15) is 9.18 Å². The molecule has 0 amide bonds. The number of aromatic nitrogens is 1. The quantitative estimate of drug-likeness (QED) is 0.860. The van der Waals surface area contributed by atoms with E-state index in [4.69, 9.17) is 9.52 Å². The summed E-state index contributed by atoms with van der Waals surface area (Å²) in [6, 6.07) is 4.24. The average molecular weight is 266 g/mol. The summed E-state index contributed by atoms with van der Waals surface area (Å²) in [5.41, 5.74) is 0.814. The Kier molecular flexibility index (Phi) is 3.37. The number of benzene rings is 1. The van der Waals surface area contributed by atoms with Crippen molar-refractivity contribution in [2.45, 2.75) is 0 Å². The molecule has 0 saturated carbocycles. The van der Waals surface area contributed by atoms with Crippen molar-refractivity contribution in [3.8, 4) is 17.2 Å². The van der Waals surface area contributed by atoms with Gasteiger partial charge in [-0.3, -0.25) is 0 Å². The topological polar surface area (TPSA) is 75.8 Å². The Morgan fingerprint density at radius 3 is 2.84 bits per heavy atom. The van der Waals surface area contributed by atoms with Gasteiger partial charge in [0.25, 0.3) is 5.88 Å². The molecule has 0 unspecified atom stereocenters. The molecule has 1 aromatic heterocycles. The highest BCUT2D eigenvalue weighted by atomic mass is 19.1. The third kappa shape index (κ3) is 2.65. The van der Waals surface area contributed by atoms with Crippen LogP contribution in [0.1, 0.15) is 0 Å². The van der Waals surface area contributed by atoms with Gasteiger partial charge >= 0.3 is 6.16 Å². The van der Waals surface area contributed by atoms with E-state index in [1.54, 1.807) is 19.0 Å². The molecular weight excluding hydrogens is 255 g/mol. The fourth-order valence-corrected chi connectivity index (χ4v) is 1.58. The van der Waals surface area contributed by atoms with Crippen LogP contribution in [0.25, 0.3) is 11.3 Å². The average Bonchev–Trinajstić information content (AvgIpc) is 2.76. The van der Waals surface area contributed by atoms with Crippen LogP contribution in [0.3, 0.4) is 0 Å². The lowest BCUT2D eigenvalue weighted by atomic mass is 10.1. The van der Waals surface area contributed by atoms with Gasteiger partial charge in [-0.1, -0.05) is 0 Å². The lowest BCUT2D eigenvalue weighted by molar-refractivity contribution is 0.143. The van der Waals surface area contributed by atoms with E-state index >= 15 is 0 Å². The first-order valence-electron chi connectivity index (χ1n) is 5.30. The Morgan fingerprint density at radius 2 is 2.21 bits per heavy atom. The van der Waals surface area contributed by atoms with E-state index in [0.29, 0.717) is 11.3 Å². The van der Waals surface area contributed by atoms with Crippen molar-refractivity contribution in [2.75, 3.05) is 19.0 Å². The highest BCUT2D eigenvalue weighted by molar-refractivity contribution is 5.71. The number of ether oxygens (including phenoxy) is 1. The molecule has 0 aliphatic carbocycles. The largest absolute Gasteiger partial charge is 0.512 e. The monoisotopic (exact) mass is 266 g/mol. The minimum atomic E-state index is -1.50. The van der Waals surface area contributed by atoms with Gasteiger partial charge in [-0.05, 0) is 18.2 Å². The second-order valence-electron chi connectivity index (χ2n) is 3.92. The maximum atomic E-state index is 13.6. The van der Waals surface area contributed by atoms with Crippen molar-refractivity contribution < 1.29 is 23.4 Å². The molecule has 100 valence electrons. The van der Waals surface area contributed by atoms with Crippen molar-refractivity contribution in [3.63, 3.8) is 0 Å². The molecule has 0 saturated heterocycles. The lowest BCUT2D eigenvalue weighted by Crippen LogP contribution is -2.10. The minimum Gasteiger partial charge on any atom is -0.449 e. The van der Waals surface area contributed by atoms with Gasteiger partial charge in [0.1, 0.15) is 5.82 Å². The Hall–Kier alpha value is -2.57. The molecule has 2 aromatic rings. The van der Waals surface area contributed by atoms with Gasteiger partial charge in [0.2, 0.25) is 0 Å². The maximum Gasteiger partial charge on any atom is 0.512 e. The molecule has 0 radical (unpaired) electrons. The normalized spacial score (nSPS) is 10.3. The smallest absolute Gasteiger partial charge is 0.449 e. The van der Waals surface area contributed by atoms with Gasteiger partial charge in [-0.25, -0.2) is 9.18 Å². The molecule has 19 heavy (non-hydrogen) atoms. The zero-order valence-electron chi connectivity index (χ0n) is 10.3. The van der Waals surface area contributed by atoms with Crippen molar-refractivity contribution >= 4 is 11.8 Å². The maximum absolute atomic E-state index is 13.6. The Bertz CT molecular complexity index is 610. The van der Waals surface area contributed by atoms with Gasteiger partial charge in [-0.2, -0.15) is 4.98 Å². The van der Waals surface area contributed by atoms with Gasteiger partial charge < -0.3 is 19.2 Å². The number of hydrogen-bond donors (Lipinski definition) is 1. The summed E-state index contributed by atoms with van der Waals surface area (Å²) in [6.45, 7) is 0. The van der Waals surface area contributed by atoms with E-state index in [-0.39, 0.29) is 11.6 Å². The molecular formula is C12H11FN2O4. The number of oxazole rings is 1. The van der Waals surface area contributed by atoms with Gasteiger partial charge in [0.15, 0.2) is 12.2 Å². The summed E-state index contributed by atoms with van der Waals surface area (Å²) >= 11 is 0. The van der Waals surface area contributed by atoms with Crippen molar-refractivity contribution in [1.82, 2.24) is 4.98 Å². The number of carboxylic acid groups (broad SMARTS) is 1. The summed E-state index contributed by atoms with van der Waals surface area (Å²) in [5.74, 6) is -0.441. The molecule has 1 heterocycles. The number of hydrogen-bond acceptors (Lipinski definition) is 5. The predicted molar refractivity (Wildman–Crippen MR) is 64.9 cm³/mol. The number of halogens is 1. The first-order chi connectivity index (χ1) is 8.99. The summed E-state index contributed by atoms with van der Waals surface area (Å²) in [6.07, 6.45) is -0.433. The van der Waals surface area contributed by atoms with Crippen molar-refractivity contribution in [3.05, 3.63) is 30.4 Å². The van der Waals surface area contributed by atoms with Crippen LogP contribution in [0, 0.1) is 5.82 Å². The molecule has 0 bridgehead atoms. The van der Waals surface area contributed by atoms with Crippen LogP contribution in [-0.2, 0) is 0 Å². The molecule has 6 nitrogen and oxygen atoms in total. The van der Waals surface area contributed by atoms with Crippen LogP contribution in [0.2, 0.25) is 0 Å². The van der Waals surface area contributed by atoms with E-state index in [0.717, 1.165) is 6.39 Å². The molecule has 1 aromatic carbocycles. The molecule has 0 spiro atoms. The first kappa shape index (κ1) is 12.9. The van der Waals surface area contributed by atoms with E-state index in [2.05, 4.69) is 9.72 Å². The number of nitrogens with zero attached hydrogens (tertiary/aromatic N) is 2. The standard InChI is InChI=1S/C12H11FN2O4/c1-15(2)9-5-7(3-4-8(9)13)10-11(14-6-18-10)19-12(16)17/h3-6H,1-2H3,(H,16,17). The molecule has 0 aliphatic heterocycles. The zero-order valence-corrected chi connectivity index (χ0v) is 10.3. The Labute approximate surface area is 108 Å². The van der Waals surface area contributed by atoms with Crippen molar-refractivity contribution in [1.29, 1.82) is 0 Å². The second kappa shape index (κ2) is 4.97. The lowest BCUT2D eigenvalue weighted by Gasteiger charge is -2.14. The summed E-state index contributed by atoms with van der Waals surface area (Å²) < 4.78 is 23.1. The van der Waals surface area contributed by atoms with Gasteiger partial charge in [0, 0.05) is 19.7 Å². The van der Waals surface area contributed by atoms with E-state index in [1.807, 2.05) is 0 Å². The number of carbonyl (C=O) groups is 1. The molecule has 2 rings (SSSR count). The summed E-state index contributed by atoms with van der Waals surface area (Å²) in [4.78, 5) is 15.8. The number of rotatable bonds is 3. The Balaban J connectivity index is 2.45. The van der Waals surface area contributed by atoms with E-state index in [1.165, 1.54) is 18.2 Å². The van der Waals surface area contributed by atoms with Crippen LogP contribution >= 0.6 is 0 Å². The third-order valence-corrected chi connectivity index (χ3v) is 2.41. The fourth-order valence-electron chi connectivity index (χ4n) is 1.58. The third-order valence-electron chi connectivity index (χ3n) is 2.41. The molecule has 0 fully saturated rings. The van der Waals surface area contributed by atoms with Gasteiger partial charge in [0.05, 0.1) is 5.69 Å². The zero-order chi connectivity index (χ0) is 14.0.